The highest BCUT2D eigenvalue weighted by Crippen LogP contribution is 2.20. The highest BCUT2D eigenvalue weighted by Gasteiger charge is 2.23. The van der Waals surface area contributed by atoms with Crippen molar-refractivity contribution in [2.24, 2.45) is 0 Å². The Bertz CT molecular complexity index is 956. The molecule has 0 spiro atoms. The minimum atomic E-state index is -0.320. The van der Waals surface area contributed by atoms with E-state index >= 15 is 0 Å². The normalized spacial score (nSPS) is 16.5. The van der Waals surface area contributed by atoms with Crippen molar-refractivity contribution in [2.45, 2.75) is 0 Å². The zero-order valence-electron chi connectivity index (χ0n) is 16.3. The average molecular weight is 428 g/mol. The van der Waals surface area contributed by atoms with Crippen LogP contribution in [0, 0.1) is 5.82 Å². The smallest absolute Gasteiger partial charge is 0.291 e. The first-order valence-corrected chi connectivity index (χ1v) is 10.8. The number of carbonyl (C=O) groups is 2. The third kappa shape index (κ3) is 4.76. The number of nitrogens with one attached hydrogen (secondary N) is 1. The van der Waals surface area contributed by atoms with Crippen molar-refractivity contribution in [3.63, 3.8) is 0 Å². The van der Waals surface area contributed by atoms with E-state index in [0.29, 0.717) is 49.8 Å². The molecule has 30 heavy (non-hydrogen) atoms. The first-order chi connectivity index (χ1) is 14.6. The molecule has 0 unspecified atom stereocenters. The lowest BCUT2D eigenvalue weighted by Crippen LogP contribution is -2.48. The third-order valence-corrected chi connectivity index (χ3v) is 5.78. The Balaban J connectivity index is 1.37. The van der Waals surface area contributed by atoms with Gasteiger partial charge in [-0.1, -0.05) is 6.07 Å². The molecule has 6 nitrogen and oxygen atoms in total. The van der Waals surface area contributed by atoms with Crippen molar-refractivity contribution < 1.29 is 18.7 Å². The van der Waals surface area contributed by atoms with Crippen molar-refractivity contribution >= 4 is 35.0 Å². The maximum absolute atomic E-state index is 13.1. The summed E-state index contributed by atoms with van der Waals surface area (Å²) in [5.74, 6) is 0.465. The number of amides is 2. The molecule has 2 heterocycles. The molecule has 0 radical (unpaired) electrons. The second kappa shape index (κ2) is 9.21. The molecule has 156 valence electrons. The quantitative estimate of drug-likeness (QED) is 0.811. The Hall–Kier alpha value is -3.00. The van der Waals surface area contributed by atoms with E-state index in [0.717, 1.165) is 11.4 Å². The van der Waals surface area contributed by atoms with E-state index < -0.39 is 0 Å². The number of hydrogen-bond donors (Lipinski definition) is 1. The van der Waals surface area contributed by atoms with Crippen LogP contribution in [0.1, 0.15) is 10.4 Å². The Morgan fingerprint density at radius 3 is 2.50 bits per heavy atom. The van der Waals surface area contributed by atoms with Gasteiger partial charge in [-0.05, 0) is 42.5 Å². The lowest BCUT2D eigenvalue weighted by Gasteiger charge is -2.36. The Kier molecular flexibility index (Phi) is 6.23. The second-order valence-corrected chi connectivity index (χ2v) is 7.97. The third-order valence-electron chi connectivity index (χ3n) is 5.00. The summed E-state index contributed by atoms with van der Waals surface area (Å²) >= 11 is 1.54. The van der Waals surface area contributed by atoms with E-state index in [1.165, 1.54) is 23.9 Å². The van der Waals surface area contributed by atoms with Crippen LogP contribution < -0.4 is 10.2 Å². The van der Waals surface area contributed by atoms with Crippen molar-refractivity contribution in [1.82, 2.24) is 4.90 Å². The summed E-state index contributed by atoms with van der Waals surface area (Å²) in [6.45, 7) is 3.01. The minimum absolute atomic E-state index is 0.0754. The molecule has 1 N–H and O–H groups in total. The highest BCUT2D eigenvalue weighted by atomic mass is 32.2. The number of hydrogen-bond acceptors (Lipinski definition) is 5. The highest BCUT2D eigenvalue weighted by molar-refractivity contribution is 8.02. The SMILES string of the molecule is O=C(Nc1cccc(C(=O)N2CCN(c3ccc(F)cc3)CC2)c1)C1=CSCCO1. The number of rotatable bonds is 4. The maximum Gasteiger partial charge on any atom is 0.291 e. The summed E-state index contributed by atoms with van der Waals surface area (Å²) in [6, 6.07) is 13.3. The van der Waals surface area contributed by atoms with Crippen molar-refractivity contribution in [3.8, 4) is 0 Å². The average Bonchev–Trinajstić information content (AvgIpc) is 2.80. The molecule has 4 rings (SSSR count). The molecule has 0 atom stereocenters. The van der Waals surface area contributed by atoms with Crippen LogP contribution in [0.15, 0.2) is 59.7 Å². The van der Waals surface area contributed by atoms with Crippen LogP contribution >= 0.6 is 11.8 Å². The number of thioether (sulfide) groups is 1. The maximum atomic E-state index is 13.1. The number of carbonyl (C=O) groups excluding carboxylic acids is 2. The van der Waals surface area contributed by atoms with Gasteiger partial charge in [0.2, 0.25) is 0 Å². The molecule has 2 aromatic carbocycles. The molecule has 2 aliphatic rings. The summed E-state index contributed by atoms with van der Waals surface area (Å²) in [5, 5.41) is 4.49. The fourth-order valence-electron chi connectivity index (χ4n) is 3.41. The van der Waals surface area contributed by atoms with Gasteiger partial charge in [-0.15, -0.1) is 11.8 Å². The minimum Gasteiger partial charge on any atom is -0.487 e. The standard InChI is InChI=1S/C22H22FN3O3S/c23-17-4-6-19(7-5-17)25-8-10-26(11-9-25)22(28)16-2-1-3-18(14-16)24-21(27)20-15-30-13-12-29-20/h1-7,14-15H,8-13H2,(H,24,27). The molecular formula is C22H22FN3O3S. The van der Waals surface area contributed by atoms with Gasteiger partial charge in [0.25, 0.3) is 11.8 Å². The zero-order valence-corrected chi connectivity index (χ0v) is 17.2. The van der Waals surface area contributed by atoms with E-state index in [4.69, 9.17) is 4.74 Å². The van der Waals surface area contributed by atoms with E-state index in [1.807, 2.05) is 0 Å². The summed E-state index contributed by atoms with van der Waals surface area (Å²) in [7, 11) is 0. The van der Waals surface area contributed by atoms with Gasteiger partial charge in [-0.3, -0.25) is 9.59 Å². The topological polar surface area (TPSA) is 61.9 Å². The van der Waals surface area contributed by atoms with Crippen LogP contribution in [0.3, 0.4) is 0 Å². The van der Waals surface area contributed by atoms with Crippen LogP contribution in [-0.4, -0.2) is 55.3 Å². The molecule has 2 aromatic rings. The molecular weight excluding hydrogens is 405 g/mol. The van der Waals surface area contributed by atoms with Gasteiger partial charge >= 0.3 is 0 Å². The van der Waals surface area contributed by atoms with Gasteiger partial charge < -0.3 is 19.9 Å². The van der Waals surface area contributed by atoms with Gasteiger partial charge in [0.1, 0.15) is 5.82 Å². The molecule has 0 saturated carbocycles. The summed E-state index contributed by atoms with van der Waals surface area (Å²) in [6.07, 6.45) is 0. The number of piperazine rings is 1. The first kappa shape index (κ1) is 20.3. The van der Waals surface area contributed by atoms with E-state index in [-0.39, 0.29) is 17.6 Å². The molecule has 2 amide bonds. The van der Waals surface area contributed by atoms with E-state index in [2.05, 4.69) is 10.2 Å². The predicted octanol–water partition coefficient (Wildman–Crippen LogP) is 3.33. The fourth-order valence-corrected chi connectivity index (χ4v) is 4.04. The second-order valence-electron chi connectivity index (χ2n) is 6.99. The molecule has 0 bridgehead atoms. The number of nitrogens with zero attached hydrogens (tertiary/aromatic N) is 2. The lowest BCUT2D eigenvalue weighted by molar-refractivity contribution is -0.116. The molecule has 1 saturated heterocycles. The number of anilines is 2. The first-order valence-electron chi connectivity index (χ1n) is 9.76. The van der Waals surface area contributed by atoms with Crippen LogP contribution in [0.4, 0.5) is 15.8 Å². The monoisotopic (exact) mass is 427 g/mol. The van der Waals surface area contributed by atoms with Gasteiger partial charge in [0.05, 0.1) is 6.61 Å². The molecule has 8 heteroatoms. The van der Waals surface area contributed by atoms with Crippen LogP contribution in [0.5, 0.6) is 0 Å². The van der Waals surface area contributed by atoms with Crippen molar-refractivity contribution in [1.29, 1.82) is 0 Å². The Morgan fingerprint density at radius 1 is 1.03 bits per heavy atom. The molecule has 0 aliphatic carbocycles. The Labute approximate surface area is 178 Å². The van der Waals surface area contributed by atoms with Crippen LogP contribution in [0.25, 0.3) is 0 Å². The van der Waals surface area contributed by atoms with E-state index in [9.17, 15) is 14.0 Å². The van der Waals surface area contributed by atoms with Crippen molar-refractivity contribution in [2.75, 3.05) is 48.8 Å². The van der Waals surface area contributed by atoms with Gasteiger partial charge in [-0.2, -0.15) is 0 Å². The summed E-state index contributed by atoms with van der Waals surface area (Å²) in [4.78, 5) is 29.2. The zero-order chi connectivity index (χ0) is 20.9. The van der Waals surface area contributed by atoms with Gasteiger partial charge in [-0.25, -0.2) is 4.39 Å². The van der Waals surface area contributed by atoms with Crippen LogP contribution in [0.2, 0.25) is 0 Å². The number of benzene rings is 2. The predicted molar refractivity (Wildman–Crippen MR) is 116 cm³/mol. The lowest BCUT2D eigenvalue weighted by atomic mass is 10.1. The summed E-state index contributed by atoms with van der Waals surface area (Å²) < 4.78 is 18.5. The fraction of sp³-hybridized carbons (Fsp3) is 0.273. The van der Waals surface area contributed by atoms with Crippen molar-refractivity contribution in [3.05, 3.63) is 71.1 Å². The largest absolute Gasteiger partial charge is 0.487 e. The number of ether oxygens (including phenoxy) is 1. The molecule has 0 aromatic heterocycles. The molecule has 1 fully saturated rings. The summed E-state index contributed by atoms with van der Waals surface area (Å²) in [5.41, 5.74) is 2.03. The number of halogens is 1. The van der Waals surface area contributed by atoms with Crippen LogP contribution in [-0.2, 0) is 9.53 Å². The van der Waals surface area contributed by atoms with Gasteiger partial charge in [0, 0.05) is 54.3 Å². The van der Waals surface area contributed by atoms with E-state index in [1.54, 1.807) is 46.7 Å². The Morgan fingerprint density at radius 2 is 1.80 bits per heavy atom. The van der Waals surface area contributed by atoms with Gasteiger partial charge in [0.15, 0.2) is 5.76 Å². The molecule has 2 aliphatic heterocycles.